The van der Waals surface area contributed by atoms with Gasteiger partial charge < -0.3 is 44.8 Å². The Morgan fingerprint density at radius 3 is 2.16 bits per heavy atom. The van der Waals surface area contributed by atoms with E-state index in [1.165, 1.54) is 0 Å². The van der Waals surface area contributed by atoms with Crippen molar-refractivity contribution in [1.82, 2.24) is 0 Å². The van der Waals surface area contributed by atoms with Crippen molar-refractivity contribution < 1.29 is 44.8 Å². The van der Waals surface area contributed by atoms with Crippen LogP contribution in [0.15, 0.2) is 0 Å². The molecule has 0 aromatic heterocycles. The minimum Gasteiger partial charge on any atom is -0.394 e. The van der Waals surface area contributed by atoms with E-state index in [2.05, 4.69) is 0 Å². The monoisotopic (exact) mass is 384 g/mol. The smallest absolute Gasteiger partial charge is 0.184 e. The molecule has 0 saturated carbocycles. The lowest BCUT2D eigenvalue weighted by atomic mass is 10.0. The predicted molar refractivity (Wildman–Crippen MR) is 87.7 cm³/mol. The predicted octanol–water partition coefficient (Wildman–Crippen LogP) is -2.22. The molecule has 0 aromatic rings. The van der Waals surface area contributed by atoms with Crippen LogP contribution in [0, 0.1) is 0 Å². The second-order valence-corrected chi connectivity index (χ2v) is 7.93. The van der Waals surface area contributed by atoms with E-state index in [1.54, 1.807) is 13.8 Å². The molecule has 148 valence electrons. The first-order chi connectivity index (χ1) is 11.8. The van der Waals surface area contributed by atoms with Crippen LogP contribution in [0.4, 0.5) is 0 Å². The number of aliphatic hydroxyl groups is 6. The standard InChI is InChI=1S/C15H28O9S/c1-6(2)22-14-7(18)3-10(8(4-16)23-14)25-15-13(21)12(20)11(19)9(5-17)24-15/h6-21H,3-5H2,1-2H3/t7-,8+,9+,10+,11+,12-,13+,14-,15-/m0/s1. The molecule has 2 fully saturated rings. The van der Waals surface area contributed by atoms with Gasteiger partial charge in [0.2, 0.25) is 0 Å². The lowest BCUT2D eigenvalue weighted by Gasteiger charge is -2.44. The van der Waals surface area contributed by atoms with Gasteiger partial charge in [-0.25, -0.2) is 0 Å². The van der Waals surface area contributed by atoms with Gasteiger partial charge >= 0.3 is 0 Å². The molecule has 2 saturated heterocycles. The quantitative estimate of drug-likeness (QED) is 0.297. The normalized spacial score (nSPS) is 45.7. The summed E-state index contributed by atoms with van der Waals surface area (Å²) in [6.45, 7) is 2.77. The molecule has 0 aromatic carbocycles. The van der Waals surface area contributed by atoms with Crippen molar-refractivity contribution in [1.29, 1.82) is 0 Å². The summed E-state index contributed by atoms with van der Waals surface area (Å²) in [6.07, 6.45) is -7.67. The van der Waals surface area contributed by atoms with Gasteiger partial charge in [0.05, 0.1) is 25.4 Å². The molecule has 0 bridgehead atoms. The van der Waals surface area contributed by atoms with Crippen molar-refractivity contribution in [2.24, 2.45) is 0 Å². The number of ether oxygens (including phenoxy) is 3. The Labute approximate surface area is 150 Å². The first-order valence-corrected chi connectivity index (χ1v) is 9.28. The van der Waals surface area contributed by atoms with Crippen molar-refractivity contribution in [3.05, 3.63) is 0 Å². The second-order valence-electron chi connectivity index (χ2n) is 6.59. The minimum atomic E-state index is -1.47. The molecule has 2 heterocycles. The van der Waals surface area contributed by atoms with Gasteiger partial charge in [-0.2, -0.15) is 0 Å². The fraction of sp³-hybridized carbons (Fsp3) is 1.00. The first-order valence-electron chi connectivity index (χ1n) is 8.34. The zero-order valence-electron chi connectivity index (χ0n) is 14.2. The van der Waals surface area contributed by atoms with Crippen molar-refractivity contribution in [2.75, 3.05) is 13.2 Å². The van der Waals surface area contributed by atoms with Crippen molar-refractivity contribution in [3.8, 4) is 0 Å². The van der Waals surface area contributed by atoms with Crippen molar-refractivity contribution >= 4 is 11.8 Å². The SMILES string of the molecule is CC(C)O[C@H]1O[C@H](CO)[C@H](S[C@@H]2O[C@H](CO)[C@@H](O)[C@H](O)[C@H]2O)C[C@@H]1O. The largest absolute Gasteiger partial charge is 0.394 e. The van der Waals surface area contributed by atoms with E-state index in [9.17, 15) is 30.6 Å². The maximum absolute atomic E-state index is 10.2. The molecule has 25 heavy (non-hydrogen) atoms. The van der Waals surface area contributed by atoms with Crippen molar-refractivity contribution in [3.63, 3.8) is 0 Å². The van der Waals surface area contributed by atoms with Gasteiger partial charge in [-0.1, -0.05) is 0 Å². The number of hydrogen-bond donors (Lipinski definition) is 6. The molecule has 10 heteroatoms. The first kappa shape index (κ1) is 21.3. The van der Waals surface area contributed by atoms with E-state index in [0.29, 0.717) is 0 Å². The van der Waals surface area contributed by atoms with Crippen LogP contribution in [0.2, 0.25) is 0 Å². The highest BCUT2D eigenvalue weighted by atomic mass is 32.2. The summed E-state index contributed by atoms with van der Waals surface area (Å²) >= 11 is 1.08. The molecule has 6 N–H and O–H groups in total. The highest BCUT2D eigenvalue weighted by Gasteiger charge is 2.47. The topological polar surface area (TPSA) is 149 Å². The van der Waals surface area contributed by atoms with Crippen LogP contribution in [0.5, 0.6) is 0 Å². The summed E-state index contributed by atoms with van der Waals surface area (Å²) in [6, 6.07) is 0. The van der Waals surface area contributed by atoms with Crippen molar-refractivity contribution in [2.45, 2.75) is 80.0 Å². The van der Waals surface area contributed by atoms with E-state index in [0.717, 1.165) is 11.8 Å². The summed E-state index contributed by atoms with van der Waals surface area (Å²) in [5.74, 6) is 0. The maximum atomic E-state index is 10.2. The third kappa shape index (κ3) is 5.04. The number of aliphatic hydroxyl groups excluding tert-OH is 6. The molecule has 2 rings (SSSR count). The highest BCUT2D eigenvalue weighted by Crippen LogP contribution is 2.37. The molecule has 0 radical (unpaired) electrons. The Hall–Kier alpha value is -0.0100. The van der Waals surface area contributed by atoms with Gasteiger partial charge in [0.15, 0.2) is 6.29 Å². The van der Waals surface area contributed by atoms with E-state index in [-0.39, 0.29) is 19.1 Å². The van der Waals surface area contributed by atoms with Gasteiger partial charge in [-0.3, -0.25) is 0 Å². The summed E-state index contributed by atoms with van der Waals surface area (Å²) in [5.41, 5.74) is -0.951. The lowest BCUT2D eigenvalue weighted by Crippen LogP contribution is -2.58. The molecular weight excluding hydrogens is 356 g/mol. The van der Waals surface area contributed by atoms with E-state index in [4.69, 9.17) is 14.2 Å². The average molecular weight is 384 g/mol. The van der Waals surface area contributed by atoms with Gasteiger partial charge in [-0.05, 0) is 20.3 Å². The molecule has 0 spiro atoms. The van der Waals surface area contributed by atoms with Gasteiger partial charge in [0, 0.05) is 5.25 Å². The zero-order valence-corrected chi connectivity index (χ0v) is 15.0. The molecular formula is C15H28O9S. The number of hydrogen-bond acceptors (Lipinski definition) is 10. The Morgan fingerprint density at radius 1 is 0.960 bits per heavy atom. The summed E-state index contributed by atoms with van der Waals surface area (Å²) in [7, 11) is 0. The Balaban J connectivity index is 2.03. The van der Waals surface area contributed by atoms with Crippen LogP contribution in [0.25, 0.3) is 0 Å². The van der Waals surface area contributed by atoms with Crippen LogP contribution in [0.1, 0.15) is 20.3 Å². The minimum absolute atomic E-state index is 0.159. The van der Waals surface area contributed by atoms with Gasteiger partial charge in [0.25, 0.3) is 0 Å². The van der Waals surface area contributed by atoms with E-state index < -0.39 is 60.2 Å². The molecule has 2 aliphatic heterocycles. The Kier molecular flexibility index (Phi) is 7.89. The Morgan fingerprint density at radius 2 is 1.60 bits per heavy atom. The number of thioether (sulfide) groups is 1. The van der Waals surface area contributed by atoms with Crippen LogP contribution in [0.3, 0.4) is 0 Å². The van der Waals surface area contributed by atoms with E-state index >= 15 is 0 Å². The summed E-state index contributed by atoms with van der Waals surface area (Å²) < 4.78 is 16.5. The fourth-order valence-electron chi connectivity index (χ4n) is 2.90. The molecule has 0 amide bonds. The second kappa shape index (κ2) is 9.27. The lowest BCUT2D eigenvalue weighted by molar-refractivity contribution is -0.255. The van der Waals surface area contributed by atoms with Crippen LogP contribution in [-0.4, -0.2) is 104 Å². The molecule has 0 aliphatic carbocycles. The highest BCUT2D eigenvalue weighted by molar-refractivity contribution is 8.00. The Bertz CT molecular complexity index is 410. The molecule has 2 aliphatic rings. The fourth-order valence-corrected chi connectivity index (χ4v) is 4.41. The molecule has 0 unspecified atom stereocenters. The molecule has 9 atom stereocenters. The third-order valence-corrected chi connectivity index (χ3v) is 5.76. The maximum Gasteiger partial charge on any atom is 0.184 e. The van der Waals surface area contributed by atoms with Gasteiger partial charge in [-0.15, -0.1) is 11.8 Å². The van der Waals surface area contributed by atoms with Crippen LogP contribution < -0.4 is 0 Å². The van der Waals surface area contributed by atoms with Crippen LogP contribution in [-0.2, 0) is 14.2 Å². The third-order valence-electron chi connectivity index (χ3n) is 4.26. The molecule has 9 nitrogen and oxygen atoms in total. The zero-order chi connectivity index (χ0) is 18.7. The summed E-state index contributed by atoms with van der Waals surface area (Å²) in [5, 5.41) is 58.4. The van der Waals surface area contributed by atoms with Crippen LogP contribution >= 0.6 is 11.8 Å². The number of rotatable bonds is 6. The summed E-state index contributed by atoms with van der Waals surface area (Å²) in [4.78, 5) is 0. The average Bonchev–Trinajstić information content (AvgIpc) is 2.57. The van der Waals surface area contributed by atoms with Gasteiger partial charge in [0.1, 0.15) is 36.0 Å². The van der Waals surface area contributed by atoms with E-state index in [1.807, 2.05) is 0 Å².